The zero-order valence-electron chi connectivity index (χ0n) is 14.5. The Balaban J connectivity index is 0.00000211. The van der Waals surface area contributed by atoms with Crippen LogP contribution in [0.25, 0.3) is 0 Å². The number of esters is 2. The van der Waals surface area contributed by atoms with Gasteiger partial charge in [0, 0.05) is 12.0 Å². The summed E-state index contributed by atoms with van der Waals surface area (Å²) in [6.45, 7) is 11.6. The summed E-state index contributed by atoms with van der Waals surface area (Å²) in [6, 6.07) is 7.02. The SMILES string of the molecule is CC.CCC(=O)Oc1ccccc1CC(=O)OC(C)C(C)C. The summed E-state index contributed by atoms with van der Waals surface area (Å²) in [5, 5.41) is 0. The molecule has 0 bridgehead atoms. The lowest BCUT2D eigenvalue weighted by molar-refractivity contribution is -0.149. The van der Waals surface area contributed by atoms with Crippen molar-refractivity contribution in [3.63, 3.8) is 0 Å². The Labute approximate surface area is 133 Å². The smallest absolute Gasteiger partial charge is 0.310 e. The van der Waals surface area contributed by atoms with Crippen molar-refractivity contribution in [2.45, 2.75) is 60.5 Å². The zero-order chi connectivity index (χ0) is 17.1. The summed E-state index contributed by atoms with van der Waals surface area (Å²) in [5.74, 6) is 0.0631. The van der Waals surface area contributed by atoms with Crippen molar-refractivity contribution in [3.05, 3.63) is 29.8 Å². The number of para-hydroxylation sites is 1. The van der Waals surface area contributed by atoms with Gasteiger partial charge in [-0.1, -0.05) is 52.8 Å². The van der Waals surface area contributed by atoms with Gasteiger partial charge in [-0.3, -0.25) is 9.59 Å². The monoisotopic (exact) mass is 308 g/mol. The first kappa shape index (κ1) is 20.2. The van der Waals surface area contributed by atoms with Crippen molar-refractivity contribution < 1.29 is 19.1 Å². The molecule has 1 rings (SSSR count). The van der Waals surface area contributed by atoms with Gasteiger partial charge in [0.1, 0.15) is 11.9 Å². The van der Waals surface area contributed by atoms with Gasteiger partial charge in [-0.15, -0.1) is 0 Å². The molecule has 0 aliphatic rings. The molecule has 0 heterocycles. The predicted molar refractivity (Wildman–Crippen MR) is 87.8 cm³/mol. The minimum atomic E-state index is -0.318. The first-order valence-electron chi connectivity index (χ1n) is 7.92. The van der Waals surface area contributed by atoms with E-state index >= 15 is 0 Å². The second-order valence-corrected chi connectivity index (χ2v) is 5.05. The van der Waals surface area contributed by atoms with Crippen LogP contribution in [-0.2, 0) is 20.7 Å². The van der Waals surface area contributed by atoms with E-state index in [0.29, 0.717) is 17.7 Å². The Morgan fingerprint density at radius 1 is 1.05 bits per heavy atom. The molecular formula is C18H28O4. The molecule has 4 nitrogen and oxygen atoms in total. The standard InChI is InChI=1S/C16H22O4.C2H6/c1-5-15(17)20-14-9-7-6-8-13(14)10-16(18)19-12(4)11(2)3;1-2/h6-9,11-12H,5,10H2,1-4H3;1-2H3. The lowest BCUT2D eigenvalue weighted by Gasteiger charge is -2.17. The van der Waals surface area contributed by atoms with Crippen molar-refractivity contribution in [2.24, 2.45) is 5.92 Å². The Bertz CT molecular complexity index is 466. The van der Waals surface area contributed by atoms with E-state index in [-0.39, 0.29) is 30.4 Å². The number of hydrogen-bond acceptors (Lipinski definition) is 4. The Hall–Kier alpha value is -1.84. The van der Waals surface area contributed by atoms with Crippen molar-refractivity contribution in [2.75, 3.05) is 0 Å². The van der Waals surface area contributed by atoms with Crippen molar-refractivity contribution in [1.29, 1.82) is 0 Å². The van der Waals surface area contributed by atoms with E-state index in [2.05, 4.69) is 0 Å². The van der Waals surface area contributed by atoms with Crippen molar-refractivity contribution >= 4 is 11.9 Å². The Morgan fingerprint density at radius 2 is 1.64 bits per heavy atom. The molecule has 1 atom stereocenters. The average molecular weight is 308 g/mol. The highest BCUT2D eigenvalue weighted by Gasteiger charge is 2.16. The third-order valence-corrected chi connectivity index (χ3v) is 3.08. The quantitative estimate of drug-likeness (QED) is 0.585. The molecule has 1 aromatic rings. The van der Waals surface area contributed by atoms with E-state index in [4.69, 9.17) is 9.47 Å². The van der Waals surface area contributed by atoms with E-state index < -0.39 is 0 Å². The molecule has 124 valence electrons. The summed E-state index contributed by atoms with van der Waals surface area (Å²) in [7, 11) is 0. The predicted octanol–water partition coefficient (Wildman–Crippen LogP) is 4.16. The van der Waals surface area contributed by atoms with Gasteiger partial charge in [-0.25, -0.2) is 0 Å². The molecule has 0 radical (unpaired) electrons. The van der Waals surface area contributed by atoms with Crippen LogP contribution in [0.1, 0.15) is 53.5 Å². The maximum absolute atomic E-state index is 11.9. The van der Waals surface area contributed by atoms with Crippen LogP contribution < -0.4 is 4.74 Å². The molecular weight excluding hydrogens is 280 g/mol. The summed E-state index contributed by atoms with van der Waals surface area (Å²) in [5.41, 5.74) is 0.662. The normalized spacial score (nSPS) is 11.2. The van der Waals surface area contributed by atoms with Crippen LogP contribution in [0.3, 0.4) is 0 Å². The van der Waals surface area contributed by atoms with Gasteiger partial charge in [-0.05, 0) is 18.9 Å². The first-order valence-corrected chi connectivity index (χ1v) is 7.92. The third kappa shape index (κ3) is 7.25. The maximum atomic E-state index is 11.9. The number of carbonyl (C=O) groups excluding carboxylic acids is 2. The van der Waals surface area contributed by atoms with E-state index in [9.17, 15) is 9.59 Å². The number of hydrogen-bond donors (Lipinski definition) is 0. The van der Waals surface area contributed by atoms with Gasteiger partial charge in [0.2, 0.25) is 0 Å². The number of benzene rings is 1. The van der Waals surface area contributed by atoms with Crippen LogP contribution in [0.4, 0.5) is 0 Å². The minimum absolute atomic E-state index is 0.101. The molecule has 0 aliphatic carbocycles. The van der Waals surface area contributed by atoms with E-state index in [1.807, 2.05) is 34.6 Å². The fourth-order valence-corrected chi connectivity index (χ4v) is 1.48. The molecule has 0 aromatic heterocycles. The number of rotatable bonds is 6. The summed E-state index contributed by atoms with van der Waals surface area (Å²) >= 11 is 0. The van der Waals surface area contributed by atoms with Crippen LogP contribution in [-0.4, -0.2) is 18.0 Å². The minimum Gasteiger partial charge on any atom is -0.462 e. The van der Waals surface area contributed by atoms with Crippen LogP contribution in [0, 0.1) is 5.92 Å². The molecule has 0 saturated carbocycles. The van der Waals surface area contributed by atoms with Crippen LogP contribution in [0.5, 0.6) is 5.75 Å². The molecule has 4 heteroatoms. The van der Waals surface area contributed by atoms with Gasteiger partial charge in [0.05, 0.1) is 6.42 Å². The van der Waals surface area contributed by atoms with E-state index in [1.54, 1.807) is 31.2 Å². The summed E-state index contributed by atoms with van der Waals surface area (Å²) in [4.78, 5) is 23.2. The number of carbonyl (C=O) groups is 2. The Morgan fingerprint density at radius 3 is 2.18 bits per heavy atom. The molecule has 1 aromatic carbocycles. The summed E-state index contributed by atoms with van der Waals surface area (Å²) < 4.78 is 10.5. The molecule has 0 amide bonds. The highest BCUT2D eigenvalue weighted by Crippen LogP contribution is 2.20. The topological polar surface area (TPSA) is 52.6 Å². The van der Waals surface area contributed by atoms with Gasteiger partial charge in [0.15, 0.2) is 0 Å². The molecule has 0 aliphatic heterocycles. The highest BCUT2D eigenvalue weighted by atomic mass is 16.5. The van der Waals surface area contributed by atoms with Gasteiger partial charge in [0.25, 0.3) is 0 Å². The van der Waals surface area contributed by atoms with E-state index in [1.165, 1.54) is 0 Å². The van der Waals surface area contributed by atoms with Gasteiger partial charge in [-0.2, -0.15) is 0 Å². The molecule has 0 N–H and O–H groups in total. The summed E-state index contributed by atoms with van der Waals surface area (Å²) in [6.07, 6.45) is 0.265. The van der Waals surface area contributed by atoms with Gasteiger partial charge < -0.3 is 9.47 Å². The zero-order valence-corrected chi connectivity index (χ0v) is 14.5. The lowest BCUT2D eigenvalue weighted by Crippen LogP contribution is -2.21. The fraction of sp³-hybridized carbons (Fsp3) is 0.556. The molecule has 1 unspecified atom stereocenters. The second-order valence-electron chi connectivity index (χ2n) is 5.05. The van der Waals surface area contributed by atoms with Crippen LogP contribution in [0.2, 0.25) is 0 Å². The lowest BCUT2D eigenvalue weighted by atomic mass is 10.1. The first-order chi connectivity index (χ1) is 10.4. The van der Waals surface area contributed by atoms with Crippen LogP contribution >= 0.6 is 0 Å². The van der Waals surface area contributed by atoms with Gasteiger partial charge >= 0.3 is 11.9 Å². The van der Waals surface area contributed by atoms with Crippen LogP contribution in [0.15, 0.2) is 24.3 Å². The maximum Gasteiger partial charge on any atom is 0.310 e. The highest BCUT2D eigenvalue weighted by molar-refractivity contribution is 5.76. The Kier molecular flexibility index (Phi) is 9.92. The largest absolute Gasteiger partial charge is 0.462 e. The molecule has 22 heavy (non-hydrogen) atoms. The molecule has 0 fully saturated rings. The number of ether oxygens (including phenoxy) is 2. The molecule has 0 saturated heterocycles. The van der Waals surface area contributed by atoms with E-state index in [0.717, 1.165) is 0 Å². The molecule has 0 spiro atoms. The van der Waals surface area contributed by atoms with Crippen molar-refractivity contribution in [1.82, 2.24) is 0 Å². The second kappa shape index (κ2) is 10.8. The third-order valence-electron chi connectivity index (χ3n) is 3.08. The van der Waals surface area contributed by atoms with Crippen molar-refractivity contribution in [3.8, 4) is 5.75 Å². The average Bonchev–Trinajstić information content (AvgIpc) is 2.50. The fourth-order valence-electron chi connectivity index (χ4n) is 1.48.